The van der Waals surface area contributed by atoms with Crippen LogP contribution in [-0.2, 0) is 7.05 Å². The molecule has 2 aromatic carbocycles. The zero-order valence-corrected chi connectivity index (χ0v) is 16.6. The Morgan fingerprint density at radius 1 is 1.00 bits per heavy atom. The van der Waals surface area contributed by atoms with Crippen molar-refractivity contribution in [2.24, 2.45) is 7.05 Å². The normalized spacial score (nSPS) is 10.9. The number of hydrogen-bond donors (Lipinski definition) is 0. The summed E-state index contributed by atoms with van der Waals surface area (Å²) in [7, 11) is 1.68. The Labute approximate surface area is 166 Å². The van der Waals surface area contributed by atoms with Crippen LogP contribution in [0.25, 0.3) is 0 Å². The van der Waals surface area contributed by atoms with E-state index in [1.165, 1.54) is 15.7 Å². The van der Waals surface area contributed by atoms with Gasteiger partial charge in [0.2, 0.25) is 0 Å². The van der Waals surface area contributed by atoms with E-state index in [0.717, 1.165) is 0 Å². The second-order valence-electron chi connectivity index (χ2n) is 7.05. The second-order valence-corrected chi connectivity index (χ2v) is 7.05. The number of nitrogens with zero attached hydrogens (tertiary/aromatic N) is 2. The summed E-state index contributed by atoms with van der Waals surface area (Å²) >= 11 is 0. The standard InChI is InChI=1S/C24H26N2O2/c1-4-26(24(28)21-15-18(2)23(27)25(3)16-21)17-22(19-11-7-5-8-12-19)20-13-9-6-10-14-20/h5-16,22H,4,17H2,1-3H3. The molecule has 4 nitrogen and oxygen atoms in total. The molecule has 1 aromatic heterocycles. The van der Waals surface area contributed by atoms with Crippen LogP contribution >= 0.6 is 0 Å². The van der Waals surface area contributed by atoms with Gasteiger partial charge in [0.25, 0.3) is 11.5 Å². The Hall–Kier alpha value is -3.14. The lowest BCUT2D eigenvalue weighted by Crippen LogP contribution is -2.36. The van der Waals surface area contributed by atoms with E-state index in [0.29, 0.717) is 24.2 Å². The molecule has 0 unspecified atom stereocenters. The number of amides is 1. The predicted octanol–water partition coefficient (Wildman–Crippen LogP) is 3.99. The number of rotatable bonds is 6. The molecule has 0 atom stereocenters. The number of carbonyl (C=O) groups excluding carboxylic acids is 1. The first-order valence-electron chi connectivity index (χ1n) is 9.57. The van der Waals surface area contributed by atoms with E-state index in [4.69, 9.17) is 0 Å². The fourth-order valence-corrected chi connectivity index (χ4v) is 3.53. The summed E-state index contributed by atoms with van der Waals surface area (Å²) < 4.78 is 1.47. The van der Waals surface area contributed by atoms with E-state index in [9.17, 15) is 9.59 Å². The van der Waals surface area contributed by atoms with E-state index in [-0.39, 0.29) is 17.4 Å². The van der Waals surface area contributed by atoms with Crippen LogP contribution in [0.1, 0.15) is 39.9 Å². The SMILES string of the molecule is CCN(CC(c1ccccc1)c1ccccc1)C(=O)c1cc(C)c(=O)n(C)c1. The fourth-order valence-electron chi connectivity index (χ4n) is 3.53. The number of carbonyl (C=O) groups is 1. The number of aromatic nitrogens is 1. The molecule has 0 radical (unpaired) electrons. The Kier molecular flexibility index (Phi) is 6.09. The summed E-state index contributed by atoms with van der Waals surface area (Å²) in [6, 6.07) is 22.2. The lowest BCUT2D eigenvalue weighted by Gasteiger charge is -2.28. The highest BCUT2D eigenvalue weighted by atomic mass is 16.2. The molecule has 1 heterocycles. The Morgan fingerprint density at radius 3 is 2.00 bits per heavy atom. The Bertz CT molecular complexity index is 928. The molecule has 144 valence electrons. The van der Waals surface area contributed by atoms with Gasteiger partial charge in [-0.15, -0.1) is 0 Å². The van der Waals surface area contributed by atoms with Gasteiger partial charge in [-0.2, -0.15) is 0 Å². The molecular weight excluding hydrogens is 348 g/mol. The number of benzene rings is 2. The lowest BCUT2D eigenvalue weighted by molar-refractivity contribution is 0.0758. The van der Waals surface area contributed by atoms with Gasteiger partial charge in [-0.3, -0.25) is 9.59 Å². The van der Waals surface area contributed by atoms with Gasteiger partial charge in [0.1, 0.15) is 0 Å². The molecule has 0 aliphatic heterocycles. The maximum Gasteiger partial charge on any atom is 0.255 e. The molecule has 3 rings (SSSR count). The minimum atomic E-state index is -0.0777. The molecule has 28 heavy (non-hydrogen) atoms. The molecule has 1 amide bonds. The molecule has 0 spiro atoms. The van der Waals surface area contributed by atoms with Crippen molar-refractivity contribution in [2.75, 3.05) is 13.1 Å². The first-order chi connectivity index (χ1) is 13.5. The van der Waals surface area contributed by atoms with Crippen molar-refractivity contribution in [3.05, 3.63) is 106 Å². The summed E-state index contributed by atoms with van der Waals surface area (Å²) in [5.41, 5.74) is 3.40. The largest absolute Gasteiger partial charge is 0.338 e. The highest BCUT2D eigenvalue weighted by Crippen LogP contribution is 2.26. The molecule has 0 N–H and O–H groups in total. The second kappa shape index (κ2) is 8.70. The van der Waals surface area contributed by atoms with Crippen molar-refractivity contribution in [2.45, 2.75) is 19.8 Å². The maximum atomic E-state index is 13.2. The van der Waals surface area contributed by atoms with Crippen LogP contribution in [0.2, 0.25) is 0 Å². The molecular formula is C24H26N2O2. The van der Waals surface area contributed by atoms with Crippen molar-refractivity contribution >= 4 is 5.91 Å². The lowest BCUT2D eigenvalue weighted by atomic mass is 9.90. The first kappa shape index (κ1) is 19.6. The van der Waals surface area contributed by atoms with Crippen LogP contribution in [0.3, 0.4) is 0 Å². The van der Waals surface area contributed by atoms with Gasteiger partial charge in [-0.25, -0.2) is 0 Å². The molecule has 3 aromatic rings. The monoisotopic (exact) mass is 374 g/mol. The summed E-state index contributed by atoms with van der Waals surface area (Å²) in [5.74, 6) is 0.0259. The third-order valence-corrected chi connectivity index (χ3v) is 5.09. The minimum absolute atomic E-state index is 0.0573. The number of pyridine rings is 1. The van der Waals surface area contributed by atoms with Gasteiger partial charge in [-0.1, -0.05) is 60.7 Å². The van der Waals surface area contributed by atoms with Gasteiger partial charge >= 0.3 is 0 Å². The van der Waals surface area contributed by atoms with Crippen LogP contribution in [0.4, 0.5) is 0 Å². The van der Waals surface area contributed by atoms with Gasteiger partial charge in [0, 0.05) is 37.8 Å². The summed E-state index contributed by atoms with van der Waals surface area (Å²) in [4.78, 5) is 27.0. The number of hydrogen-bond acceptors (Lipinski definition) is 2. The van der Waals surface area contributed by atoms with Gasteiger partial charge in [0.05, 0.1) is 5.56 Å². The zero-order chi connectivity index (χ0) is 20.1. The van der Waals surface area contributed by atoms with Crippen molar-refractivity contribution in [1.29, 1.82) is 0 Å². The molecule has 0 saturated carbocycles. The van der Waals surface area contributed by atoms with Crippen molar-refractivity contribution < 1.29 is 4.79 Å². The number of likely N-dealkylation sites (N-methyl/N-ethyl adjacent to an activating group) is 1. The minimum Gasteiger partial charge on any atom is -0.338 e. The highest BCUT2D eigenvalue weighted by molar-refractivity contribution is 5.94. The molecule has 0 fully saturated rings. The average Bonchev–Trinajstić information content (AvgIpc) is 2.73. The first-order valence-corrected chi connectivity index (χ1v) is 9.57. The fraction of sp³-hybridized carbons (Fsp3) is 0.250. The predicted molar refractivity (Wildman–Crippen MR) is 113 cm³/mol. The van der Waals surface area contributed by atoms with Gasteiger partial charge in [-0.05, 0) is 31.0 Å². The van der Waals surface area contributed by atoms with E-state index < -0.39 is 0 Å². The molecule has 0 aliphatic carbocycles. The molecule has 0 bridgehead atoms. The van der Waals surface area contributed by atoms with Gasteiger partial charge in [0.15, 0.2) is 0 Å². The smallest absolute Gasteiger partial charge is 0.255 e. The van der Waals surface area contributed by atoms with Crippen molar-refractivity contribution in [1.82, 2.24) is 9.47 Å². The van der Waals surface area contributed by atoms with Crippen LogP contribution in [0.5, 0.6) is 0 Å². The Morgan fingerprint density at radius 2 is 1.54 bits per heavy atom. The molecule has 4 heteroatoms. The van der Waals surface area contributed by atoms with Crippen LogP contribution < -0.4 is 5.56 Å². The molecule has 0 aliphatic rings. The van der Waals surface area contributed by atoms with E-state index >= 15 is 0 Å². The summed E-state index contributed by atoms with van der Waals surface area (Å²) in [5, 5.41) is 0. The summed E-state index contributed by atoms with van der Waals surface area (Å²) in [6.45, 7) is 4.90. The third kappa shape index (κ3) is 4.22. The van der Waals surface area contributed by atoms with Crippen LogP contribution in [0, 0.1) is 6.92 Å². The van der Waals surface area contributed by atoms with Crippen molar-refractivity contribution in [3.63, 3.8) is 0 Å². The van der Waals surface area contributed by atoms with E-state index in [1.807, 2.05) is 48.2 Å². The van der Waals surface area contributed by atoms with Crippen molar-refractivity contribution in [3.8, 4) is 0 Å². The third-order valence-electron chi connectivity index (χ3n) is 5.09. The molecule has 0 saturated heterocycles. The quantitative estimate of drug-likeness (QED) is 0.655. The Balaban J connectivity index is 1.94. The van der Waals surface area contributed by atoms with Crippen LogP contribution in [-0.4, -0.2) is 28.5 Å². The average molecular weight is 374 g/mol. The van der Waals surface area contributed by atoms with Crippen LogP contribution in [0.15, 0.2) is 77.7 Å². The number of aryl methyl sites for hydroxylation is 2. The van der Waals surface area contributed by atoms with E-state index in [1.54, 1.807) is 26.2 Å². The highest BCUT2D eigenvalue weighted by Gasteiger charge is 2.22. The van der Waals surface area contributed by atoms with Gasteiger partial charge < -0.3 is 9.47 Å². The maximum absolute atomic E-state index is 13.2. The topological polar surface area (TPSA) is 42.3 Å². The summed E-state index contributed by atoms with van der Waals surface area (Å²) in [6.07, 6.45) is 1.63. The zero-order valence-electron chi connectivity index (χ0n) is 16.6. The van der Waals surface area contributed by atoms with E-state index in [2.05, 4.69) is 24.3 Å².